The highest BCUT2D eigenvalue weighted by atomic mass is 35.5. The average molecular weight is 418 g/mol. The Morgan fingerprint density at radius 1 is 0.966 bits per heavy atom. The van der Waals surface area contributed by atoms with Crippen molar-refractivity contribution in [3.63, 3.8) is 0 Å². The summed E-state index contributed by atoms with van der Waals surface area (Å²) in [6.07, 6.45) is -1.24. The minimum absolute atomic E-state index is 0.160. The molecule has 0 radical (unpaired) electrons. The highest BCUT2D eigenvalue weighted by Crippen LogP contribution is 2.34. The molecule has 0 aliphatic carbocycles. The number of aromatic nitrogens is 5. The third-order valence-corrected chi connectivity index (χ3v) is 4.74. The molecule has 4 aromatic rings. The Bertz CT molecular complexity index is 1130. The first-order valence-corrected chi connectivity index (χ1v) is 9.18. The molecule has 2 aromatic carbocycles. The van der Waals surface area contributed by atoms with Gasteiger partial charge in [0.1, 0.15) is 5.69 Å². The van der Waals surface area contributed by atoms with E-state index >= 15 is 0 Å². The van der Waals surface area contributed by atoms with Gasteiger partial charge in [-0.3, -0.25) is 0 Å². The lowest BCUT2D eigenvalue weighted by Gasteiger charge is -2.12. The van der Waals surface area contributed by atoms with E-state index in [2.05, 4.69) is 15.4 Å². The highest BCUT2D eigenvalue weighted by molar-refractivity contribution is 6.30. The molecule has 0 aliphatic heterocycles. The number of nitrogens with zero attached hydrogens (tertiary/aromatic N) is 5. The summed E-state index contributed by atoms with van der Waals surface area (Å²) in [5.41, 5.74) is 1.85. The van der Waals surface area contributed by atoms with E-state index in [1.54, 1.807) is 54.2 Å². The van der Waals surface area contributed by atoms with Crippen LogP contribution in [-0.4, -0.2) is 24.8 Å². The van der Waals surface area contributed by atoms with Crippen LogP contribution in [0, 0.1) is 0 Å². The van der Waals surface area contributed by atoms with E-state index in [0.717, 1.165) is 15.9 Å². The molecule has 148 valence electrons. The predicted molar refractivity (Wildman–Crippen MR) is 103 cm³/mol. The molecule has 0 saturated carbocycles. The van der Waals surface area contributed by atoms with Crippen LogP contribution >= 0.6 is 11.6 Å². The summed E-state index contributed by atoms with van der Waals surface area (Å²) in [4.78, 5) is 0. The first-order valence-electron chi connectivity index (χ1n) is 8.80. The zero-order valence-corrected chi connectivity index (χ0v) is 16.0. The second kappa shape index (κ2) is 7.36. The number of aryl methyl sites for hydroxylation is 1. The van der Waals surface area contributed by atoms with E-state index in [0.29, 0.717) is 16.4 Å². The van der Waals surface area contributed by atoms with Gasteiger partial charge in [-0.25, -0.2) is 9.36 Å². The van der Waals surface area contributed by atoms with Crippen LogP contribution in [0.5, 0.6) is 0 Å². The third kappa shape index (κ3) is 3.75. The monoisotopic (exact) mass is 417 g/mol. The van der Waals surface area contributed by atoms with Crippen molar-refractivity contribution in [2.24, 2.45) is 0 Å². The summed E-state index contributed by atoms with van der Waals surface area (Å²) in [7, 11) is 0. The zero-order valence-electron chi connectivity index (χ0n) is 15.2. The standard InChI is InChI=1S/C20H15ClF3N5/c1-2-13-11-25-29(19(13)20(22,23)24)17-7-3-14(4-8-17)18-12-28(27-26-18)16-9-5-15(21)6-10-16/h3-12H,2H2,1H3. The molecule has 4 rings (SSSR count). The van der Waals surface area contributed by atoms with Crippen LogP contribution in [0.3, 0.4) is 0 Å². The molecular formula is C20H15ClF3N5. The molecule has 0 saturated heterocycles. The summed E-state index contributed by atoms with van der Waals surface area (Å²) >= 11 is 5.89. The van der Waals surface area contributed by atoms with Crippen molar-refractivity contribution in [3.8, 4) is 22.6 Å². The van der Waals surface area contributed by atoms with Crippen LogP contribution in [0.25, 0.3) is 22.6 Å². The van der Waals surface area contributed by atoms with Crippen LogP contribution in [0.4, 0.5) is 13.2 Å². The van der Waals surface area contributed by atoms with Gasteiger partial charge in [0.05, 0.1) is 23.8 Å². The molecule has 0 amide bonds. The second-order valence-corrected chi connectivity index (χ2v) is 6.79. The van der Waals surface area contributed by atoms with Crippen LogP contribution in [-0.2, 0) is 12.6 Å². The Kier molecular flexibility index (Phi) is 4.87. The van der Waals surface area contributed by atoms with Crippen molar-refractivity contribution in [2.45, 2.75) is 19.5 Å². The Balaban J connectivity index is 1.64. The molecule has 0 aliphatic rings. The lowest BCUT2D eigenvalue weighted by Crippen LogP contribution is -2.15. The number of alkyl halides is 3. The maximum absolute atomic E-state index is 13.5. The van der Waals surface area contributed by atoms with Gasteiger partial charge in [0, 0.05) is 16.1 Å². The molecule has 0 bridgehead atoms. The van der Waals surface area contributed by atoms with Crippen LogP contribution in [0.15, 0.2) is 60.9 Å². The van der Waals surface area contributed by atoms with Crippen molar-refractivity contribution in [3.05, 3.63) is 77.2 Å². The quantitative estimate of drug-likeness (QED) is 0.449. The summed E-state index contributed by atoms with van der Waals surface area (Å²) in [5.74, 6) is 0. The van der Waals surface area contributed by atoms with Crippen LogP contribution < -0.4 is 0 Å². The normalized spacial score (nSPS) is 11.8. The first-order chi connectivity index (χ1) is 13.9. The molecule has 0 unspecified atom stereocenters. The van der Waals surface area contributed by atoms with Crippen LogP contribution in [0.1, 0.15) is 18.2 Å². The molecule has 2 heterocycles. The van der Waals surface area contributed by atoms with Gasteiger partial charge in [0.2, 0.25) is 0 Å². The summed E-state index contributed by atoms with van der Waals surface area (Å²) < 4.78 is 42.9. The molecule has 0 spiro atoms. The number of hydrogen-bond donors (Lipinski definition) is 0. The van der Waals surface area contributed by atoms with E-state index in [1.165, 1.54) is 6.20 Å². The fourth-order valence-electron chi connectivity index (χ4n) is 3.03. The fourth-order valence-corrected chi connectivity index (χ4v) is 3.15. The topological polar surface area (TPSA) is 48.5 Å². The number of benzene rings is 2. The van der Waals surface area contributed by atoms with E-state index in [9.17, 15) is 13.2 Å². The molecule has 5 nitrogen and oxygen atoms in total. The van der Waals surface area contributed by atoms with Crippen molar-refractivity contribution < 1.29 is 13.2 Å². The average Bonchev–Trinajstić information content (AvgIpc) is 3.36. The highest BCUT2D eigenvalue weighted by Gasteiger charge is 2.38. The van der Waals surface area contributed by atoms with Crippen molar-refractivity contribution in [1.29, 1.82) is 0 Å². The van der Waals surface area contributed by atoms with Gasteiger partial charge in [0.25, 0.3) is 0 Å². The lowest BCUT2D eigenvalue weighted by atomic mass is 10.1. The Hall–Kier alpha value is -3.13. The number of hydrogen-bond acceptors (Lipinski definition) is 3. The molecule has 9 heteroatoms. The van der Waals surface area contributed by atoms with Crippen molar-refractivity contribution >= 4 is 11.6 Å². The maximum atomic E-state index is 13.5. The molecule has 0 fully saturated rings. The smallest absolute Gasteiger partial charge is 0.228 e. The first kappa shape index (κ1) is 19.2. The Morgan fingerprint density at radius 3 is 2.24 bits per heavy atom. The van der Waals surface area contributed by atoms with Gasteiger partial charge in [0.15, 0.2) is 5.69 Å². The molecule has 2 aromatic heterocycles. The minimum atomic E-state index is -4.48. The Morgan fingerprint density at radius 2 is 1.62 bits per heavy atom. The van der Waals surface area contributed by atoms with E-state index in [-0.39, 0.29) is 12.0 Å². The van der Waals surface area contributed by atoms with Gasteiger partial charge in [-0.15, -0.1) is 5.10 Å². The number of rotatable bonds is 4. The van der Waals surface area contributed by atoms with Gasteiger partial charge in [-0.1, -0.05) is 35.9 Å². The maximum Gasteiger partial charge on any atom is 0.433 e. The third-order valence-electron chi connectivity index (χ3n) is 4.49. The minimum Gasteiger partial charge on any atom is -0.228 e. The SMILES string of the molecule is CCc1cnn(-c2ccc(-c3cn(-c4ccc(Cl)cc4)nn3)cc2)c1C(F)(F)F. The van der Waals surface area contributed by atoms with E-state index in [4.69, 9.17) is 11.6 Å². The van der Waals surface area contributed by atoms with E-state index < -0.39 is 11.9 Å². The van der Waals surface area contributed by atoms with Gasteiger partial charge in [-0.2, -0.15) is 18.3 Å². The summed E-state index contributed by atoms with van der Waals surface area (Å²) in [5, 5.41) is 12.8. The van der Waals surface area contributed by atoms with Crippen molar-refractivity contribution in [1.82, 2.24) is 24.8 Å². The van der Waals surface area contributed by atoms with Gasteiger partial charge < -0.3 is 0 Å². The summed E-state index contributed by atoms with van der Waals surface area (Å²) in [6, 6.07) is 13.7. The summed E-state index contributed by atoms with van der Waals surface area (Å²) in [6.45, 7) is 1.67. The lowest BCUT2D eigenvalue weighted by molar-refractivity contribution is -0.143. The van der Waals surface area contributed by atoms with Gasteiger partial charge in [-0.05, 0) is 42.8 Å². The van der Waals surface area contributed by atoms with Crippen LogP contribution in [0.2, 0.25) is 5.02 Å². The second-order valence-electron chi connectivity index (χ2n) is 6.35. The number of halogens is 4. The van der Waals surface area contributed by atoms with Gasteiger partial charge >= 0.3 is 6.18 Å². The molecule has 0 atom stereocenters. The largest absolute Gasteiger partial charge is 0.433 e. The van der Waals surface area contributed by atoms with E-state index in [1.807, 2.05) is 12.1 Å². The predicted octanol–water partition coefficient (Wildman–Crippen LogP) is 5.35. The van der Waals surface area contributed by atoms with Crippen molar-refractivity contribution in [2.75, 3.05) is 0 Å². The Labute approximate surface area is 169 Å². The molecular weight excluding hydrogens is 403 g/mol. The fraction of sp³-hybridized carbons (Fsp3) is 0.150. The molecule has 0 N–H and O–H groups in total. The molecule has 29 heavy (non-hydrogen) atoms. The zero-order chi connectivity index (χ0) is 20.6.